The van der Waals surface area contributed by atoms with Gasteiger partial charge in [0.1, 0.15) is 6.61 Å². The molecule has 0 aliphatic carbocycles. The smallest absolute Gasteiger partial charge is 0.361 e. The predicted molar refractivity (Wildman–Crippen MR) is 65.8 cm³/mol. The van der Waals surface area contributed by atoms with E-state index in [0.717, 1.165) is 0 Å². The summed E-state index contributed by atoms with van der Waals surface area (Å²) in [5.41, 5.74) is 0.0542. The molecule has 1 aliphatic rings. The SMILES string of the molecule is C=CCOc1cc(C(=O)O)cc2c1OC(OCC)O2. The van der Waals surface area contributed by atoms with Gasteiger partial charge in [0, 0.05) is 0 Å². The Bertz CT molecular complexity index is 496. The zero-order valence-corrected chi connectivity index (χ0v) is 10.4. The first kappa shape index (κ1) is 13.2. The summed E-state index contributed by atoms with van der Waals surface area (Å²) in [5.74, 6) is -0.158. The predicted octanol–water partition coefficient (Wildman–Crippen LogP) is 2.04. The van der Waals surface area contributed by atoms with Crippen molar-refractivity contribution in [2.24, 2.45) is 0 Å². The van der Waals surface area contributed by atoms with Gasteiger partial charge < -0.3 is 24.1 Å². The Balaban J connectivity index is 2.32. The molecule has 1 N–H and O–H groups in total. The van der Waals surface area contributed by atoms with E-state index in [0.29, 0.717) is 12.4 Å². The van der Waals surface area contributed by atoms with Gasteiger partial charge in [0.2, 0.25) is 5.75 Å². The van der Waals surface area contributed by atoms with Crippen LogP contribution in [-0.2, 0) is 4.74 Å². The molecule has 19 heavy (non-hydrogen) atoms. The molecule has 0 bridgehead atoms. The highest BCUT2D eigenvalue weighted by Crippen LogP contribution is 2.44. The minimum atomic E-state index is -1.07. The van der Waals surface area contributed by atoms with Crippen LogP contribution < -0.4 is 14.2 Å². The van der Waals surface area contributed by atoms with Gasteiger partial charge in [-0.3, -0.25) is 0 Å². The van der Waals surface area contributed by atoms with Crippen LogP contribution in [0.3, 0.4) is 0 Å². The molecule has 0 amide bonds. The number of hydrogen-bond donors (Lipinski definition) is 1. The van der Waals surface area contributed by atoms with E-state index in [1.165, 1.54) is 12.1 Å². The van der Waals surface area contributed by atoms with E-state index in [1.807, 2.05) is 0 Å². The molecule has 1 unspecified atom stereocenters. The van der Waals surface area contributed by atoms with Gasteiger partial charge in [-0.2, -0.15) is 0 Å². The summed E-state index contributed by atoms with van der Waals surface area (Å²) in [6, 6.07) is 2.75. The van der Waals surface area contributed by atoms with E-state index >= 15 is 0 Å². The van der Waals surface area contributed by atoms with Crippen LogP contribution in [0, 0.1) is 0 Å². The van der Waals surface area contributed by atoms with Crippen LogP contribution >= 0.6 is 0 Å². The van der Waals surface area contributed by atoms with Crippen LogP contribution in [0.4, 0.5) is 0 Å². The number of ether oxygens (including phenoxy) is 4. The molecule has 6 heteroatoms. The average Bonchev–Trinajstić information content (AvgIpc) is 2.78. The number of carbonyl (C=O) groups is 1. The van der Waals surface area contributed by atoms with Gasteiger partial charge in [-0.15, -0.1) is 0 Å². The summed E-state index contributed by atoms with van der Waals surface area (Å²) < 4.78 is 21.3. The Labute approximate surface area is 110 Å². The Kier molecular flexibility index (Phi) is 3.91. The standard InChI is InChI=1S/C13H14O6/c1-3-5-17-9-6-8(12(14)15)7-10-11(9)19-13(18-10)16-4-2/h3,6-7,13H,1,4-5H2,2H3,(H,14,15). The first-order chi connectivity index (χ1) is 9.15. The van der Waals surface area contributed by atoms with Gasteiger partial charge >= 0.3 is 12.4 Å². The van der Waals surface area contributed by atoms with Crippen molar-refractivity contribution >= 4 is 5.97 Å². The van der Waals surface area contributed by atoms with Gasteiger partial charge in [-0.25, -0.2) is 4.79 Å². The second kappa shape index (κ2) is 5.62. The lowest BCUT2D eigenvalue weighted by Crippen LogP contribution is -2.21. The number of aromatic carboxylic acids is 1. The number of carboxylic acid groups (broad SMARTS) is 1. The molecule has 0 spiro atoms. The third-order valence-electron chi connectivity index (χ3n) is 2.36. The van der Waals surface area contributed by atoms with Crippen LogP contribution in [-0.4, -0.2) is 30.8 Å². The zero-order valence-electron chi connectivity index (χ0n) is 10.4. The van der Waals surface area contributed by atoms with Crippen LogP contribution in [0.15, 0.2) is 24.8 Å². The van der Waals surface area contributed by atoms with Gasteiger partial charge in [0.05, 0.1) is 12.2 Å². The van der Waals surface area contributed by atoms with Crippen molar-refractivity contribution in [3.8, 4) is 17.2 Å². The van der Waals surface area contributed by atoms with Crippen LogP contribution in [0.25, 0.3) is 0 Å². The third-order valence-corrected chi connectivity index (χ3v) is 2.36. The Morgan fingerprint density at radius 1 is 1.53 bits per heavy atom. The van der Waals surface area contributed by atoms with Crippen molar-refractivity contribution in [1.29, 1.82) is 0 Å². The lowest BCUT2D eigenvalue weighted by molar-refractivity contribution is -0.173. The molecule has 0 aromatic heterocycles. The highest BCUT2D eigenvalue weighted by molar-refractivity contribution is 5.89. The Morgan fingerprint density at radius 3 is 2.95 bits per heavy atom. The highest BCUT2D eigenvalue weighted by atomic mass is 16.9. The van der Waals surface area contributed by atoms with Crippen molar-refractivity contribution in [2.45, 2.75) is 13.4 Å². The van der Waals surface area contributed by atoms with E-state index in [4.69, 9.17) is 24.1 Å². The summed E-state index contributed by atoms with van der Waals surface area (Å²) >= 11 is 0. The Hall–Kier alpha value is -2.21. The molecule has 1 aromatic rings. The molecule has 1 aromatic carbocycles. The lowest BCUT2D eigenvalue weighted by atomic mass is 10.2. The molecule has 0 saturated heterocycles. The van der Waals surface area contributed by atoms with E-state index < -0.39 is 12.4 Å². The molecule has 1 atom stereocenters. The number of hydrogen-bond acceptors (Lipinski definition) is 5. The van der Waals surface area contributed by atoms with E-state index in [9.17, 15) is 4.79 Å². The minimum absolute atomic E-state index is 0.0542. The normalized spacial score (nSPS) is 16.2. The minimum Gasteiger partial charge on any atom is -0.485 e. The molecule has 0 fully saturated rings. The van der Waals surface area contributed by atoms with Crippen LogP contribution in [0.2, 0.25) is 0 Å². The van der Waals surface area contributed by atoms with Crippen LogP contribution in [0.5, 0.6) is 17.2 Å². The van der Waals surface area contributed by atoms with Crippen molar-refractivity contribution in [1.82, 2.24) is 0 Å². The fourth-order valence-electron chi connectivity index (χ4n) is 1.59. The maximum Gasteiger partial charge on any atom is 0.361 e. The summed E-state index contributed by atoms with van der Waals surface area (Å²) in [6.45, 7) is 5.10. The summed E-state index contributed by atoms with van der Waals surface area (Å²) in [6.07, 6.45) is 1.55. The summed E-state index contributed by atoms with van der Waals surface area (Å²) in [7, 11) is 0. The van der Waals surface area contributed by atoms with Gasteiger partial charge in [-0.05, 0) is 19.1 Å². The molecule has 1 heterocycles. The van der Waals surface area contributed by atoms with Gasteiger partial charge in [0.25, 0.3) is 0 Å². The number of benzene rings is 1. The molecular weight excluding hydrogens is 252 g/mol. The number of carboxylic acids is 1. The van der Waals surface area contributed by atoms with Crippen molar-refractivity contribution < 1.29 is 28.8 Å². The average molecular weight is 266 g/mol. The topological polar surface area (TPSA) is 74.2 Å². The van der Waals surface area contributed by atoms with Gasteiger partial charge in [0.15, 0.2) is 11.5 Å². The molecule has 0 saturated carbocycles. The van der Waals surface area contributed by atoms with E-state index in [1.54, 1.807) is 13.0 Å². The molecule has 6 nitrogen and oxygen atoms in total. The van der Waals surface area contributed by atoms with E-state index in [2.05, 4.69) is 6.58 Å². The maximum absolute atomic E-state index is 11.0. The first-order valence-electron chi connectivity index (χ1n) is 5.75. The fraction of sp³-hybridized carbons (Fsp3) is 0.308. The van der Waals surface area contributed by atoms with E-state index in [-0.39, 0.29) is 23.7 Å². The summed E-state index contributed by atoms with van der Waals surface area (Å²) in [5, 5.41) is 9.03. The largest absolute Gasteiger partial charge is 0.485 e. The second-order valence-electron chi connectivity index (χ2n) is 3.69. The van der Waals surface area contributed by atoms with Crippen molar-refractivity contribution in [3.63, 3.8) is 0 Å². The number of rotatable bonds is 6. The molecule has 2 rings (SSSR count). The first-order valence-corrected chi connectivity index (χ1v) is 5.75. The monoisotopic (exact) mass is 266 g/mol. The summed E-state index contributed by atoms with van der Waals surface area (Å²) in [4.78, 5) is 11.0. The quantitative estimate of drug-likeness (QED) is 0.794. The highest BCUT2D eigenvalue weighted by Gasteiger charge is 2.30. The lowest BCUT2D eigenvalue weighted by Gasteiger charge is -2.09. The second-order valence-corrected chi connectivity index (χ2v) is 3.69. The third kappa shape index (κ3) is 2.79. The molecule has 102 valence electrons. The fourth-order valence-corrected chi connectivity index (χ4v) is 1.59. The van der Waals surface area contributed by atoms with Gasteiger partial charge in [-0.1, -0.05) is 12.7 Å². The Morgan fingerprint density at radius 2 is 2.32 bits per heavy atom. The maximum atomic E-state index is 11.0. The molecular formula is C13H14O6. The molecule has 1 aliphatic heterocycles. The van der Waals surface area contributed by atoms with Crippen molar-refractivity contribution in [2.75, 3.05) is 13.2 Å². The van der Waals surface area contributed by atoms with Crippen LogP contribution in [0.1, 0.15) is 17.3 Å². The molecule has 0 radical (unpaired) electrons. The van der Waals surface area contributed by atoms with Crippen molar-refractivity contribution in [3.05, 3.63) is 30.4 Å². The zero-order chi connectivity index (χ0) is 13.8. The number of fused-ring (bicyclic) bond motifs is 1.